The molecule has 0 radical (unpaired) electrons. The summed E-state index contributed by atoms with van der Waals surface area (Å²) in [7, 11) is -1.70. The zero-order valence-electron chi connectivity index (χ0n) is 9.48. The van der Waals surface area contributed by atoms with Gasteiger partial charge >= 0.3 is 13.1 Å². The van der Waals surface area contributed by atoms with Gasteiger partial charge in [-0.3, -0.25) is 9.59 Å². The number of benzene rings is 1. The number of anilines is 1. The number of aliphatic carboxylic acids is 1. The molecule has 0 bridgehead atoms. The highest BCUT2D eigenvalue weighted by atomic mass is 16.4. The second-order valence-corrected chi connectivity index (χ2v) is 4.18. The zero-order chi connectivity index (χ0) is 13.3. The Bertz CT molecular complexity index is 490. The number of amides is 1. The van der Waals surface area contributed by atoms with E-state index < -0.39 is 19.0 Å². The Labute approximate surface area is 104 Å². The van der Waals surface area contributed by atoms with Crippen LogP contribution in [0.1, 0.15) is 6.42 Å². The van der Waals surface area contributed by atoms with E-state index in [0.717, 1.165) is 0 Å². The molecule has 1 unspecified atom stereocenters. The fourth-order valence-corrected chi connectivity index (χ4v) is 2.06. The van der Waals surface area contributed by atoms with Crippen molar-refractivity contribution in [2.24, 2.45) is 5.92 Å². The molecule has 1 atom stereocenters. The van der Waals surface area contributed by atoms with Crippen molar-refractivity contribution in [3.8, 4) is 0 Å². The monoisotopic (exact) mass is 249 g/mol. The molecule has 1 heterocycles. The Morgan fingerprint density at radius 3 is 2.56 bits per heavy atom. The van der Waals surface area contributed by atoms with Crippen LogP contribution in [0.4, 0.5) is 5.69 Å². The number of carboxylic acid groups (broad SMARTS) is 1. The first-order chi connectivity index (χ1) is 8.50. The Kier molecular flexibility index (Phi) is 3.35. The van der Waals surface area contributed by atoms with Gasteiger partial charge in [-0.1, -0.05) is 18.2 Å². The maximum Gasteiger partial charge on any atom is 0.490 e. The van der Waals surface area contributed by atoms with E-state index in [1.165, 1.54) is 11.0 Å². The summed E-state index contributed by atoms with van der Waals surface area (Å²) < 4.78 is 0. The van der Waals surface area contributed by atoms with Gasteiger partial charge in [0.25, 0.3) is 0 Å². The van der Waals surface area contributed by atoms with Crippen molar-refractivity contribution in [1.29, 1.82) is 0 Å². The van der Waals surface area contributed by atoms with E-state index in [9.17, 15) is 19.6 Å². The normalized spacial score (nSPS) is 19.1. The molecular formula is C11H12BNO5. The smallest absolute Gasteiger partial charge is 0.481 e. The average molecular weight is 249 g/mol. The summed E-state index contributed by atoms with van der Waals surface area (Å²) in [5.41, 5.74) is 0.540. The third-order valence-corrected chi connectivity index (χ3v) is 2.98. The molecule has 1 aliphatic heterocycles. The summed E-state index contributed by atoms with van der Waals surface area (Å²) in [6.45, 7) is 0.0535. The molecule has 0 spiro atoms. The second-order valence-electron chi connectivity index (χ2n) is 4.18. The maximum absolute atomic E-state index is 11.8. The summed E-state index contributed by atoms with van der Waals surface area (Å²) in [4.78, 5) is 23.9. The highest BCUT2D eigenvalue weighted by molar-refractivity contribution is 6.60. The zero-order valence-corrected chi connectivity index (χ0v) is 9.48. The fourth-order valence-electron chi connectivity index (χ4n) is 2.06. The molecule has 1 aromatic carbocycles. The Hall–Kier alpha value is -1.86. The lowest BCUT2D eigenvalue weighted by Crippen LogP contribution is -2.38. The molecule has 6 nitrogen and oxygen atoms in total. The predicted molar refractivity (Wildman–Crippen MR) is 64.4 cm³/mol. The van der Waals surface area contributed by atoms with Crippen LogP contribution >= 0.6 is 0 Å². The lowest BCUT2D eigenvalue weighted by molar-refractivity contribution is -0.141. The first-order valence-corrected chi connectivity index (χ1v) is 5.49. The lowest BCUT2D eigenvalue weighted by Gasteiger charge is -2.19. The third kappa shape index (κ3) is 2.22. The minimum absolute atomic E-state index is 0.0535. The van der Waals surface area contributed by atoms with E-state index in [0.29, 0.717) is 5.69 Å². The fraction of sp³-hybridized carbons (Fsp3) is 0.273. The standard InChI is InChI=1S/C11H12BNO5/c14-10-5-7(11(15)16)6-13(10)9-4-2-1-3-8(9)12(17)18/h1-4,7,17-18H,5-6H2,(H,15,16). The Morgan fingerprint density at radius 2 is 2.00 bits per heavy atom. The van der Waals surface area contributed by atoms with Gasteiger partial charge in [0.05, 0.1) is 5.92 Å². The Balaban J connectivity index is 2.33. The molecule has 1 aliphatic rings. The molecule has 1 fully saturated rings. The number of rotatable bonds is 3. The summed E-state index contributed by atoms with van der Waals surface area (Å²) in [6.07, 6.45) is -0.0643. The van der Waals surface area contributed by atoms with Crippen molar-refractivity contribution in [1.82, 2.24) is 0 Å². The van der Waals surface area contributed by atoms with Crippen molar-refractivity contribution in [2.45, 2.75) is 6.42 Å². The van der Waals surface area contributed by atoms with E-state index in [4.69, 9.17) is 5.11 Å². The van der Waals surface area contributed by atoms with Crippen LogP contribution in [0.3, 0.4) is 0 Å². The summed E-state index contributed by atoms with van der Waals surface area (Å²) >= 11 is 0. The van der Waals surface area contributed by atoms with Crippen LogP contribution in [0.5, 0.6) is 0 Å². The topological polar surface area (TPSA) is 98.1 Å². The summed E-state index contributed by atoms with van der Waals surface area (Å²) in [6, 6.07) is 6.33. The van der Waals surface area contributed by atoms with E-state index in [-0.39, 0.29) is 24.3 Å². The van der Waals surface area contributed by atoms with Crippen molar-refractivity contribution < 1.29 is 24.7 Å². The molecule has 0 aliphatic carbocycles. The number of hydrogen-bond donors (Lipinski definition) is 3. The second kappa shape index (κ2) is 4.79. The largest absolute Gasteiger partial charge is 0.490 e. The van der Waals surface area contributed by atoms with Crippen molar-refractivity contribution in [2.75, 3.05) is 11.4 Å². The van der Waals surface area contributed by atoms with Crippen molar-refractivity contribution >= 4 is 30.1 Å². The van der Waals surface area contributed by atoms with Gasteiger partial charge in [-0.2, -0.15) is 0 Å². The third-order valence-electron chi connectivity index (χ3n) is 2.98. The van der Waals surface area contributed by atoms with Crippen LogP contribution in [0.15, 0.2) is 24.3 Å². The van der Waals surface area contributed by atoms with Gasteiger partial charge in [0.2, 0.25) is 5.91 Å². The minimum atomic E-state index is -1.70. The van der Waals surface area contributed by atoms with Gasteiger partial charge in [-0.15, -0.1) is 0 Å². The average Bonchev–Trinajstić information content (AvgIpc) is 2.71. The maximum atomic E-state index is 11.8. The number of hydrogen-bond acceptors (Lipinski definition) is 4. The van der Waals surface area contributed by atoms with Crippen molar-refractivity contribution in [3.05, 3.63) is 24.3 Å². The first-order valence-electron chi connectivity index (χ1n) is 5.49. The van der Waals surface area contributed by atoms with Crippen molar-refractivity contribution in [3.63, 3.8) is 0 Å². The van der Waals surface area contributed by atoms with E-state index >= 15 is 0 Å². The van der Waals surface area contributed by atoms with Gasteiger partial charge < -0.3 is 20.1 Å². The summed E-state index contributed by atoms with van der Waals surface area (Å²) in [5, 5.41) is 27.4. The van der Waals surface area contributed by atoms with E-state index in [2.05, 4.69) is 0 Å². The molecular weight excluding hydrogens is 237 g/mol. The molecule has 1 amide bonds. The molecule has 18 heavy (non-hydrogen) atoms. The molecule has 1 aromatic rings. The number of carbonyl (C=O) groups is 2. The van der Waals surface area contributed by atoms with Crippen LogP contribution in [0, 0.1) is 5.92 Å². The summed E-state index contributed by atoms with van der Waals surface area (Å²) in [5.74, 6) is -2.09. The number of nitrogens with zero attached hydrogens (tertiary/aromatic N) is 1. The van der Waals surface area contributed by atoms with Crippen LogP contribution in [-0.4, -0.2) is 40.7 Å². The molecule has 0 saturated carbocycles. The number of carbonyl (C=O) groups excluding carboxylic acids is 1. The molecule has 94 valence electrons. The predicted octanol–water partition coefficient (Wildman–Crippen LogP) is -1.20. The number of carboxylic acids is 1. The highest BCUT2D eigenvalue weighted by Gasteiger charge is 2.36. The molecule has 7 heteroatoms. The van der Waals surface area contributed by atoms with Gasteiger partial charge in [0.15, 0.2) is 0 Å². The molecule has 0 aromatic heterocycles. The van der Waals surface area contributed by atoms with Crippen LogP contribution < -0.4 is 10.4 Å². The van der Waals surface area contributed by atoms with Crippen LogP contribution in [0.2, 0.25) is 0 Å². The van der Waals surface area contributed by atoms with Gasteiger partial charge in [-0.25, -0.2) is 0 Å². The van der Waals surface area contributed by atoms with Crippen LogP contribution in [0.25, 0.3) is 0 Å². The Morgan fingerprint density at radius 1 is 1.33 bits per heavy atom. The van der Waals surface area contributed by atoms with Crippen LogP contribution in [-0.2, 0) is 9.59 Å². The molecule has 1 saturated heterocycles. The van der Waals surface area contributed by atoms with E-state index in [1.54, 1.807) is 18.2 Å². The quantitative estimate of drug-likeness (QED) is 0.585. The van der Waals surface area contributed by atoms with Gasteiger partial charge in [0, 0.05) is 24.1 Å². The first kappa shape index (κ1) is 12.6. The molecule has 2 rings (SSSR count). The number of para-hydroxylation sites is 1. The van der Waals surface area contributed by atoms with Gasteiger partial charge in [0.1, 0.15) is 0 Å². The lowest BCUT2D eigenvalue weighted by atomic mass is 9.78. The van der Waals surface area contributed by atoms with E-state index in [1.807, 2.05) is 0 Å². The highest BCUT2D eigenvalue weighted by Crippen LogP contribution is 2.24. The minimum Gasteiger partial charge on any atom is -0.481 e. The van der Waals surface area contributed by atoms with Gasteiger partial charge in [-0.05, 0) is 6.07 Å². The SMILES string of the molecule is O=C(O)C1CC(=O)N(c2ccccc2B(O)O)C1. The molecule has 3 N–H and O–H groups in total.